The monoisotopic (exact) mass is 917 g/mol. The molecule has 2 heteroatoms. The van der Waals surface area contributed by atoms with Crippen LogP contribution < -0.4 is 0 Å². The number of aromatic nitrogens is 1. The first-order valence-corrected chi connectivity index (χ1v) is 25.6. The van der Waals surface area contributed by atoms with Gasteiger partial charge in [0.25, 0.3) is 0 Å². The lowest BCUT2D eigenvalue weighted by atomic mass is 9.82. The molecular formula is C69H43NS. The number of nitrogens with zero attached hydrogens (tertiary/aromatic N) is 1. The molecule has 0 saturated carbocycles. The Morgan fingerprint density at radius 1 is 0.324 bits per heavy atom. The lowest BCUT2D eigenvalue weighted by Crippen LogP contribution is -2.14. The van der Waals surface area contributed by atoms with Gasteiger partial charge in [0.1, 0.15) is 0 Å². The summed E-state index contributed by atoms with van der Waals surface area (Å²) in [7, 11) is 0. The summed E-state index contributed by atoms with van der Waals surface area (Å²) < 4.78 is 5.11. The van der Waals surface area contributed by atoms with Crippen molar-refractivity contribution in [2.75, 3.05) is 0 Å². The van der Waals surface area contributed by atoms with E-state index in [1.165, 1.54) is 157 Å². The average Bonchev–Trinajstić information content (AvgIpc) is 4.02. The van der Waals surface area contributed by atoms with Crippen molar-refractivity contribution >= 4 is 118 Å². The van der Waals surface area contributed by atoms with Crippen molar-refractivity contribution in [1.29, 1.82) is 0 Å². The normalized spacial score (nSPS) is 13.3. The third-order valence-corrected chi connectivity index (χ3v) is 17.4. The Kier molecular flexibility index (Phi) is 7.90. The second-order valence-corrected chi connectivity index (χ2v) is 21.4. The van der Waals surface area contributed by atoms with E-state index < -0.39 is 0 Å². The van der Waals surface area contributed by atoms with Crippen molar-refractivity contribution in [2.24, 2.45) is 0 Å². The van der Waals surface area contributed by atoms with Gasteiger partial charge in [0.15, 0.2) is 0 Å². The zero-order valence-corrected chi connectivity index (χ0v) is 40.0. The highest BCUT2D eigenvalue weighted by atomic mass is 32.1. The lowest BCUT2D eigenvalue weighted by molar-refractivity contribution is 0.661. The molecule has 0 aliphatic heterocycles. The van der Waals surface area contributed by atoms with Crippen LogP contribution in [0.4, 0.5) is 0 Å². The molecule has 1 aliphatic carbocycles. The maximum Gasteiger partial charge on any atom is 0.0544 e. The van der Waals surface area contributed by atoms with Crippen LogP contribution in [-0.2, 0) is 5.41 Å². The van der Waals surface area contributed by atoms with Crippen molar-refractivity contribution in [3.63, 3.8) is 0 Å². The van der Waals surface area contributed by atoms with Gasteiger partial charge in [-0.1, -0.05) is 184 Å². The minimum absolute atomic E-state index is 0.0975. The summed E-state index contributed by atoms with van der Waals surface area (Å²) in [6.45, 7) is 4.76. The minimum atomic E-state index is -0.0975. The number of benzene rings is 13. The predicted octanol–water partition coefficient (Wildman–Crippen LogP) is 19.7. The number of hydrogen-bond donors (Lipinski definition) is 0. The first-order valence-electron chi connectivity index (χ1n) is 24.8. The molecule has 0 N–H and O–H groups in total. The summed E-state index contributed by atoms with van der Waals surface area (Å²) >= 11 is 1.92. The van der Waals surface area contributed by atoms with Crippen molar-refractivity contribution in [3.8, 4) is 39.1 Å². The highest BCUT2D eigenvalue weighted by Crippen LogP contribution is 2.52. The fourth-order valence-corrected chi connectivity index (χ4v) is 14.3. The third-order valence-electron chi connectivity index (χ3n) is 16.3. The second-order valence-electron chi connectivity index (χ2n) is 20.3. The van der Waals surface area contributed by atoms with Gasteiger partial charge in [0.05, 0.1) is 11.0 Å². The van der Waals surface area contributed by atoms with E-state index in [2.05, 4.69) is 243 Å². The van der Waals surface area contributed by atoms with Gasteiger partial charge in [-0.05, 0) is 164 Å². The van der Waals surface area contributed by atoms with Gasteiger partial charge < -0.3 is 4.57 Å². The molecule has 71 heavy (non-hydrogen) atoms. The summed E-state index contributed by atoms with van der Waals surface area (Å²) in [5.41, 5.74) is 14.0. The molecule has 1 aliphatic rings. The SMILES string of the molecule is CC1(C)c2ccccc2-c2cc3c4cc(-c5c6ccccc6c(-c6ccc7c(c6)sc6cc8c9ccccc9c9c%10ccccc%10ccc9c8cc67)c6ccccc56)ccc4n(-c4ccccc4)c3cc21. The zero-order chi connectivity index (χ0) is 46.7. The van der Waals surface area contributed by atoms with Crippen LogP contribution in [0, 0.1) is 0 Å². The van der Waals surface area contributed by atoms with E-state index in [9.17, 15) is 0 Å². The molecule has 0 bridgehead atoms. The van der Waals surface area contributed by atoms with Crippen LogP contribution in [0.3, 0.4) is 0 Å². The molecule has 0 fully saturated rings. The minimum Gasteiger partial charge on any atom is -0.309 e. The molecule has 2 heterocycles. The quantitative estimate of drug-likeness (QED) is 0.123. The van der Waals surface area contributed by atoms with Crippen LogP contribution in [0.2, 0.25) is 0 Å². The van der Waals surface area contributed by atoms with Crippen molar-refractivity contribution < 1.29 is 0 Å². The lowest BCUT2D eigenvalue weighted by Gasteiger charge is -2.21. The molecule has 0 radical (unpaired) electrons. The fourth-order valence-electron chi connectivity index (χ4n) is 13.1. The van der Waals surface area contributed by atoms with E-state index in [4.69, 9.17) is 0 Å². The number of rotatable bonds is 3. The summed E-state index contributed by atoms with van der Waals surface area (Å²) in [5.74, 6) is 0. The van der Waals surface area contributed by atoms with Gasteiger partial charge in [-0.15, -0.1) is 11.3 Å². The van der Waals surface area contributed by atoms with Gasteiger partial charge >= 0.3 is 0 Å². The van der Waals surface area contributed by atoms with Gasteiger partial charge in [-0.2, -0.15) is 0 Å². The molecule has 0 saturated heterocycles. The second kappa shape index (κ2) is 14.3. The summed E-state index contributed by atoms with van der Waals surface area (Å²) in [6, 6.07) is 84.9. The summed E-state index contributed by atoms with van der Waals surface area (Å²) in [4.78, 5) is 0. The van der Waals surface area contributed by atoms with E-state index in [0.29, 0.717) is 0 Å². The Morgan fingerprint density at radius 3 is 1.65 bits per heavy atom. The maximum atomic E-state index is 2.49. The molecule has 2 aromatic heterocycles. The number of para-hydroxylation sites is 1. The Morgan fingerprint density at radius 2 is 0.887 bits per heavy atom. The maximum absolute atomic E-state index is 2.49. The van der Waals surface area contributed by atoms with Crippen LogP contribution in [0.15, 0.2) is 224 Å². The van der Waals surface area contributed by atoms with E-state index >= 15 is 0 Å². The van der Waals surface area contributed by atoms with Gasteiger partial charge in [0.2, 0.25) is 0 Å². The van der Waals surface area contributed by atoms with Crippen LogP contribution in [-0.4, -0.2) is 4.57 Å². The van der Waals surface area contributed by atoms with E-state index in [1.807, 2.05) is 11.3 Å². The zero-order valence-electron chi connectivity index (χ0n) is 39.2. The topological polar surface area (TPSA) is 4.93 Å². The highest BCUT2D eigenvalue weighted by Gasteiger charge is 2.36. The number of hydrogen-bond acceptors (Lipinski definition) is 1. The van der Waals surface area contributed by atoms with E-state index in [1.54, 1.807) is 0 Å². The standard InChI is InChI=1S/C69H43NS/c1-69(2)60-27-15-14-21-46(60)56-37-58-57-34-41(30-33-62(57)70(63(58)39-61(56)69)43-17-4-3-5-18-43)66-49-23-10-12-25-51(49)67(52-26-13-11-24-50(52)66)42-29-31-47-59-36-54-53-32-28-40-16-6-7-19-44(40)68(53)48-22-9-8-20-45(48)55(54)38-65(59)71-64(47)35-42/h3-39H,1-2H3. The smallest absolute Gasteiger partial charge is 0.0544 e. The van der Waals surface area contributed by atoms with Crippen molar-refractivity contribution in [2.45, 2.75) is 19.3 Å². The predicted molar refractivity (Wildman–Crippen MR) is 307 cm³/mol. The molecular weight excluding hydrogens is 875 g/mol. The third kappa shape index (κ3) is 5.35. The molecule has 330 valence electrons. The highest BCUT2D eigenvalue weighted by molar-refractivity contribution is 7.26. The Labute approximate surface area is 414 Å². The molecule has 0 unspecified atom stereocenters. The van der Waals surface area contributed by atoms with Gasteiger partial charge in [-0.25, -0.2) is 0 Å². The Bertz CT molecular complexity index is 4780. The van der Waals surface area contributed by atoms with E-state index in [-0.39, 0.29) is 5.41 Å². The Balaban J connectivity index is 0.913. The van der Waals surface area contributed by atoms with Crippen LogP contribution >= 0.6 is 11.3 Å². The van der Waals surface area contributed by atoms with Gasteiger partial charge in [0, 0.05) is 42.0 Å². The molecule has 13 aromatic carbocycles. The molecule has 16 rings (SSSR count). The van der Waals surface area contributed by atoms with E-state index in [0.717, 1.165) is 0 Å². The fraction of sp³-hybridized carbons (Fsp3) is 0.0435. The molecule has 0 amide bonds. The molecule has 0 spiro atoms. The number of fused-ring (bicyclic) bond motifs is 19. The van der Waals surface area contributed by atoms with Crippen LogP contribution in [0.25, 0.3) is 146 Å². The summed E-state index contributed by atoms with van der Waals surface area (Å²) in [6.07, 6.45) is 0. The largest absolute Gasteiger partial charge is 0.309 e. The molecule has 15 aromatic rings. The summed E-state index contributed by atoms with van der Waals surface area (Å²) in [5, 5.41) is 20.7. The molecule has 1 nitrogen and oxygen atoms in total. The number of thiophene rings is 1. The van der Waals surface area contributed by atoms with Gasteiger partial charge in [-0.3, -0.25) is 0 Å². The molecule has 0 atom stereocenters. The van der Waals surface area contributed by atoms with Crippen LogP contribution in [0.5, 0.6) is 0 Å². The van der Waals surface area contributed by atoms with Crippen molar-refractivity contribution in [1.82, 2.24) is 4.57 Å². The van der Waals surface area contributed by atoms with Crippen molar-refractivity contribution in [3.05, 3.63) is 236 Å². The first-order chi connectivity index (χ1) is 35.0. The Hall–Kier alpha value is -8.56. The first kappa shape index (κ1) is 39.3. The average molecular weight is 918 g/mol. The van der Waals surface area contributed by atoms with Crippen LogP contribution in [0.1, 0.15) is 25.0 Å².